The van der Waals surface area contributed by atoms with Crippen LogP contribution in [0.1, 0.15) is 64.7 Å². The average molecular weight is 221 g/mol. The summed E-state index contributed by atoms with van der Waals surface area (Å²) in [5, 5.41) is 3.61. The van der Waals surface area contributed by atoms with Gasteiger partial charge in [0.1, 0.15) is 0 Å². The van der Waals surface area contributed by atoms with Gasteiger partial charge in [-0.2, -0.15) is 0 Å². The zero-order chi connectivity index (χ0) is 11.4. The van der Waals surface area contributed by atoms with Gasteiger partial charge in [0, 0.05) is 6.04 Å². The molecule has 92 valence electrons. The molecule has 1 fully saturated rings. The van der Waals surface area contributed by atoms with Gasteiger partial charge in [0.2, 0.25) is 0 Å². The molecular formula is C15H27N. The van der Waals surface area contributed by atoms with Gasteiger partial charge in [0.25, 0.3) is 0 Å². The predicted octanol–water partition coefficient (Wildman–Crippen LogP) is 4.05. The van der Waals surface area contributed by atoms with Gasteiger partial charge in [0.15, 0.2) is 0 Å². The van der Waals surface area contributed by atoms with Crippen LogP contribution in [0.25, 0.3) is 0 Å². The van der Waals surface area contributed by atoms with Crippen molar-refractivity contribution in [3.63, 3.8) is 0 Å². The zero-order valence-corrected chi connectivity index (χ0v) is 11.0. The van der Waals surface area contributed by atoms with E-state index in [0.717, 1.165) is 0 Å². The maximum atomic E-state index is 3.61. The van der Waals surface area contributed by atoms with Crippen molar-refractivity contribution >= 4 is 0 Å². The van der Waals surface area contributed by atoms with Crippen LogP contribution < -0.4 is 5.32 Å². The number of nitrogens with one attached hydrogen (secondary N) is 1. The fraction of sp³-hybridized carbons (Fsp3) is 0.867. The van der Waals surface area contributed by atoms with Crippen molar-refractivity contribution in [3.05, 3.63) is 11.6 Å². The minimum atomic E-state index is 0.524. The standard InChI is InChI=1S/C15H27N/c1-15(11-7-4-8-12-15)14(16-2)13-9-5-3-6-10-13/h9,14,16H,3-8,10-12H2,1-2H3. The van der Waals surface area contributed by atoms with Crippen molar-refractivity contribution in [2.45, 2.75) is 70.8 Å². The van der Waals surface area contributed by atoms with Gasteiger partial charge < -0.3 is 5.32 Å². The van der Waals surface area contributed by atoms with E-state index in [1.807, 2.05) is 0 Å². The molecule has 1 nitrogen and oxygen atoms in total. The number of hydrogen-bond donors (Lipinski definition) is 1. The Morgan fingerprint density at radius 2 is 1.88 bits per heavy atom. The molecule has 1 N–H and O–H groups in total. The van der Waals surface area contributed by atoms with Crippen LogP contribution in [-0.2, 0) is 0 Å². The second-order valence-corrected chi connectivity index (χ2v) is 5.96. The molecule has 0 radical (unpaired) electrons. The normalized spacial score (nSPS) is 27.2. The summed E-state index contributed by atoms with van der Waals surface area (Å²) >= 11 is 0. The summed E-state index contributed by atoms with van der Waals surface area (Å²) in [6.45, 7) is 2.50. The molecule has 0 amide bonds. The highest BCUT2D eigenvalue weighted by molar-refractivity contribution is 5.17. The lowest BCUT2D eigenvalue weighted by Crippen LogP contribution is -2.44. The Labute approximate surface area is 101 Å². The Bertz CT molecular complexity index is 248. The minimum Gasteiger partial charge on any atom is -0.313 e. The molecule has 0 bridgehead atoms. The molecule has 0 spiro atoms. The summed E-state index contributed by atoms with van der Waals surface area (Å²) in [5.74, 6) is 0. The molecule has 1 heteroatoms. The first-order valence-corrected chi connectivity index (χ1v) is 7.12. The smallest absolute Gasteiger partial charge is 0.0330 e. The predicted molar refractivity (Wildman–Crippen MR) is 70.6 cm³/mol. The largest absolute Gasteiger partial charge is 0.313 e. The quantitative estimate of drug-likeness (QED) is 0.709. The van der Waals surface area contributed by atoms with Gasteiger partial charge in [-0.05, 0) is 51.0 Å². The third-order valence-electron chi connectivity index (χ3n) is 4.68. The Kier molecular flexibility index (Phi) is 4.07. The topological polar surface area (TPSA) is 12.0 Å². The SMILES string of the molecule is CNC(C1=CCCCC1)C1(C)CCCCC1. The molecule has 0 heterocycles. The lowest BCUT2D eigenvalue weighted by Gasteiger charge is -2.42. The Morgan fingerprint density at radius 1 is 1.12 bits per heavy atom. The maximum Gasteiger partial charge on any atom is 0.0330 e. The number of hydrogen-bond acceptors (Lipinski definition) is 1. The first-order chi connectivity index (χ1) is 7.76. The van der Waals surface area contributed by atoms with Crippen molar-refractivity contribution in [2.24, 2.45) is 5.41 Å². The summed E-state index contributed by atoms with van der Waals surface area (Å²) in [6, 6.07) is 0.646. The first-order valence-electron chi connectivity index (χ1n) is 7.12. The molecule has 2 aliphatic rings. The molecule has 1 atom stereocenters. The molecule has 0 aromatic heterocycles. The van der Waals surface area contributed by atoms with Gasteiger partial charge in [-0.3, -0.25) is 0 Å². The first kappa shape index (κ1) is 12.2. The second kappa shape index (κ2) is 5.35. The molecule has 0 aromatic rings. The highest BCUT2D eigenvalue weighted by atomic mass is 14.9. The number of rotatable bonds is 3. The summed E-state index contributed by atoms with van der Waals surface area (Å²) in [4.78, 5) is 0. The third kappa shape index (κ3) is 2.51. The van der Waals surface area contributed by atoms with E-state index in [0.29, 0.717) is 11.5 Å². The molecule has 1 unspecified atom stereocenters. The Balaban J connectivity index is 2.10. The summed E-state index contributed by atoms with van der Waals surface area (Å²) in [6.07, 6.45) is 15.1. The second-order valence-electron chi connectivity index (χ2n) is 5.96. The molecule has 2 rings (SSSR count). The van der Waals surface area contributed by atoms with E-state index in [-0.39, 0.29) is 0 Å². The molecule has 0 aromatic carbocycles. The highest BCUT2D eigenvalue weighted by Crippen LogP contribution is 2.42. The van der Waals surface area contributed by atoms with E-state index in [4.69, 9.17) is 0 Å². The highest BCUT2D eigenvalue weighted by Gasteiger charge is 2.36. The van der Waals surface area contributed by atoms with E-state index in [9.17, 15) is 0 Å². The molecule has 16 heavy (non-hydrogen) atoms. The summed E-state index contributed by atoms with van der Waals surface area (Å²) < 4.78 is 0. The monoisotopic (exact) mass is 221 g/mol. The van der Waals surface area contributed by atoms with E-state index < -0.39 is 0 Å². The third-order valence-corrected chi connectivity index (χ3v) is 4.68. The van der Waals surface area contributed by atoms with Gasteiger partial charge in [-0.1, -0.05) is 37.8 Å². The van der Waals surface area contributed by atoms with Crippen molar-refractivity contribution in [3.8, 4) is 0 Å². The van der Waals surface area contributed by atoms with E-state index in [2.05, 4.69) is 25.4 Å². The molecule has 2 aliphatic carbocycles. The minimum absolute atomic E-state index is 0.524. The van der Waals surface area contributed by atoms with Crippen LogP contribution in [0.3, 0.4) is 0 Å². The van der Waals surface area contributed by atoms with Gasteiger partial charge in [0.05, 0.1) is 0 Å². The van der Waals surface area contributed by atoms with E-state index in [1.54, 1.807) is 5.57 Å². The van der Waals surface area contributed by atoms with Crippen molar-refractivity contribution in [2.75, 3.05) is 7.05 Å². The molecular weight excluding hydrogens is 194 g/mol. The zero-order valence-electron chi connectivity index (χ0n) is 11.0. The van der Waals surface area contributed by atoms with E-state index in [1.165, 1.54) is 57.8 Å². The summed E-state index contributed by atoms with van der Waals surface area (Å²) in [7, 11) is 2.15. The molecule has 0 saturated heterocycles. The van der Waals surface area contributed by atoms with Crippen molar-refractivity contribution in [1.29, 1.82) is 0 Å². The molecule has 0 aliphatic heterocycles. The van der Waals surface area contributed by atoms with Gasteiger partial charge >= 0.3 is 0 Å². The maximum absolute atomic E-state index is 3.61. The van der Waals surface area contributed by atoms with Crippen molar-refractivity contribution in [1.82, 2.24) is 5.32 Å². The number of likely N-dealkylation sites (N-methyl/N-ethyl adjacent to an activating group) is 1. The van der Waals surface area contributed by atoms with Crippen molar-refractivity contribution < 1.29 is 0 Å². The van der Waals surface area contributed by atoms with Gasteiger partial charge in [-0.15, -0.1) is 0 Å². The Hall–Kier alpha value is -0.300. The van der Waals surface area contributed by atoms with Crippen LogP contribution in [0.4, 0.5) is 0 Å². The lowest BCUT2D eigenvalue weighted by atomic mass is 9.67. The summed E-state index contributed by atoms with van der Waals surface area (Å²) in [5.41, 5.74) is 2.23. The fourth-order valence-electron chi connectivity index (χ4n) is 3.75. The molecule has 1 saturated carbocycles. The van der Waals surface area contributed by atoms with Crippen LogP contribution in [0.2, 0.25) is 0 Å². The van der Waals surface area contributed by atoms with Crippen LogP contribution in [0.5, 0.6) is 0 Å². The van der Waals surface area contributed by atoms with Crippen LogP contribution in [0.15, 0.2) is 11.6 Å². The van der Waals surface area contributed by atoms with Crippen LogP contribution in [0, 0.1) is 5.41 Å². The van der Waals surface area contributed by atoms with Gasteiger partial charge in [-0.25, -0.2) is 0 Å². The fourth-order valence-corrected chi connectivity index (χ4v) is 3.75. The lowest BCUT2D eigenvalue weighted by molar-refractivity contribution is 0.166. The Morgan fingerprint density at radius 3 is 2.44 bits per heavy atom. The van der Waals surface area contributed by atoms with E-state index >= 15 is 0 Å². The average Bonchev–Trinajstić information content (AvgIpc) is 2.32. The van der Waals surface area contributed by atoms with Crippen LogP contribution in [-0.4, -0.2) is 13.1 Å². The number of allylic oxidation sites excluding steroid dienone is 1. The van der Waals surface area contributed by atoms with Crippen LogP contribution >= 0.6 is 0 Å².